The maximum absolute atomic E-state index is 12.6. The number of sulfonamides is 1. The van der Waals surface area contributed by atoms with Crippen molar-refractivity contribution in [3.63, 3.8) is 0 Å². The Balaban J connectivity index is 1.94. The van der Waals surface area contributed by atoms with E-state index in [0.717, 1.165) is 21.3 Å². The summed E-state index contributed by atoms with van der Waals surface area (Å²) < 4.78 is 53.7. The monoisotopic (exact) mass is 390 g/mol. The Hall–Kier alpha value is -2.58. The van der Waals surface area contributed by atoms with Gasteiger partial charge in [-0.1, -0.05) is 24.3 Å². The van der Waals surface area contributed by atoms with Crippen molar-refractivity contribution in [1.29, 1.82) is 0 Å². The van der Waals surface area contributed by atoms with E-state index in [1.54, 1.807) is 30.3 Å². The lowest BCUT2D eigenvalue weighted by atomic mass is 10.1. The van der Waals surface area contributed by atoms with Crippen molar-refractivity contribution >= 4 is 25.7 Å². The normalized spacial score (nSPS) is 12.1. The third kappa shape index (κ3) is 3.66. The van der Waals surface area contributed by atoms with Crippen LogP contribution in [-0.2, 0) is 20.0 Å². The number of nitrogens with one attached hydrogen (secondary N) is 1. The fourth-order valence-electron chi connectivity index (χ4n) is 2.63. The minimum atomic E-state index is -3.90. The van der Waals surface area contributed by atoms with Crippen LogP contribution in [0.3, 0.4) is 0 Å². The maximum Gasteiger partial charge on any atom is 0.267 e. The Morgan fingerprint density at radius 1 is 0.808 bits per heavy atom. The molecule has 3 rings (SSSR count). The zero-order valence-corrected chi connectivity index (χ0v) is 15.9. The van der Waals surface area contributed by atoms with Gasteiger partial charge in [0.05, 0.1) is 4.90 Å². The van der Waals surface area contributed by atoms with E-state index in [1.807, 2.05) is 19.9 Å². The van der Waals surface area contributed by atoms with E-state index < -0.39 is 20.0 Å². The molecule has 1 heterocycles. The Labute approximate surface area is 153 Å². The fraction of sp³-hybridized carbons (Fsp3) is 0.111. The summed E-state index contributed by atoms with van der Waals surface area (Å²) in [6, 6.07) is 14.4. The Bertz CT molecular complexity index is 1130. The predicted octanol–water partition coefficient (Wildman–Crippen LogP) is 3.14. The predicted molar refractivity (Wildman–Crippen MR) is 100 cm³/mol. The highest BCUT2D eigenvalue weighted by Crippen LogP contribution is 2.21. The first-order chi connectivity index (χ1) is 12.2. The van der Waals surface area contributed by atoms with Crippen molar-refractivity contribution < 1.29 is 16.8 Å². The molecule has 1 N–H and O–H groups in total. The molecular weight excluding hydrogens is 372 g/mol. The van der Waals surface area contributed by atoms with Gasteiger partial charge in [0, 0.05) is 18.1 Å². The van der Waals surface area contributed by atoms with Gasteiger partial charge in [0.2, 0.25) is 0 Å². The molecule has 0 fully saturated rings. The molecular formula is C18H18N2O4S2. The summed E-state index contributed by atoms with van der Waals surface area (Å²) in [5.41, 5.74) is 2.28. The molecule has 26 heavy (non-hydrogen) atoms. The molecule has 0 aliphatic heterocycles. The summed E-state index contributed by atoms with van der Waals surface area (Å²) in [7, 11) is -7.74. The summed E-state index contributed by atoms with van der Waals surface area (Å²) >= 11 is 0. The molecule has 0 radical (unpaired) electrons. The second-order valence-corrected chi connectivity index (χ2v) is 9.50. The summed E-state index contributed by atoms with van der Waals surface area (Å²) in [5.74, 6) is 0. The highest BCUT2D eigenvalue weighted by atomic mass is 32.2. The van der Waals surface area contributed by atoms with Gasteiger partial charge in [-0.2, -0.15) is 0 Å². The molecule has 6 nitrogen and oxygen atoms in total. The van der Waals surface area contributed by atoms with Crippen LogP contribution in [0.2, 0.25) is 0 Å². The van der Waals surface area contributed by atoms with Crippen molar-refractivity contribution in [2.45, 2.75) is 23.6 Å². The molecule has 8 heteroatoms. The third-order valence-electron chi connectivity index (χ3n) is 3.74. The van der Waals surface area contributed by atoms with Crippen LogP contribution < -0.4 is 4.72 Å². The lowest BCUT2D eigenvalue weighted by Gasteiger charge is -2.09. The minimum absolute atomic E-state index is 0.0850. The number of hydrogen-bond acceptors (Lipinski definition) is 4. The first-order valence-electron chi connectivity index (χ1n) is 7.78. The van der Waals surface area contributed by atoms with Gasteiger partial charge in [-0.15, -0.1) is 0 Å². The molecule has 0 saturated heterocycles. The summed E-state index contributed by atoms with van der Waals surface area (Å²) in [4.78, 5) is -0.0435. The molecule has 3 aromatic rings. The number of aromatic nitrogens is 1. The molecule has 0 aliphatic rings. The molecule has 136 valence electrons. The van der Waals surface area contributed by atoms with Gasteiger partial charge in [-0.3, -0.25) is 4.72 Å². The quantitative estimate of drug-likeness (QED) is 0.725. The third-order valence-corrected chi connectivity index (χ3v) is 6.76. The molecule has 0 bridgehead atoms. The maximum atomic E-state index is 12.6. The van der Waals surface area contributed by atoms with Gasteiger partial charge >= 0.3 is 0 Å². The second kappa shape index (κ2) is 6.62. The van der Waals surface area contributed by atoms with Crippen LogP contribution in [0.15, 0.2) is 76.8 Å². The van der Waals surface area contributed by atoms with Gasteiger partial charge in [0.1, 0.15) is 4.90 Å². The molecule has 0 amide bonds. The van der Waals surface area contributed by atoms with Gasteiger partial charge in [-0.05, 0) is 55.3 Å². The van der Waals surface area contributed by atoms with Crippen molar-refractivity contribution in [3.05, 3.63) is 78.1 Å². The highest BCUT2D eigenvalue weighted by Gasteiger charge is 2.21. The van der Waals surface area contributed by atoms with E-state index in [9.17, 15) is 16.8 Å². The number of benzene rings is 2. The molecule has 0 unspecified atom stereocenters. The Morgan fingerprint density at radius 3 is 2.04 bits per heavy atom. The lowest BCUT2D eigenvalue weighted by molar-refractivity contribution is 0.587. The van der Waals surface area contributed by atoms with Crippen LogP contribution in [-0.4, -0.2) is 20.8 Å². The van der Waals surface area contributed by atoms with Crippen molar-refractivity contribution in [1.82, 2.24) is 3.97 Å². The van der Waals surface area contributed by atoms with E-state index in [2.05, 4.69) is 4.72 Å². The number of rotatable bonds is 5. The van der Waals surface area contributed by atoms with E-state index in [4.69, 9.17) is 0 Å². The van der Waals surface area contributed by atoms with Gasteiger partial charge in [-0.25, -0.2) is 20.8 Å². The van der Waals surface area contributed by atoms with Crippen LogP contribution in [0.5, 0.6) is 0 Å². The molecule has 0 aliphatic carbocycles. The fourth-order valence-corrected chi connectivity index (χ4v) is 4.95. The Kier molecular flexibility index (Phi) is 4.64. The van der Waals surface area contributed by atoms with Crippen molar-refractivity contribution in [3.8, 4) is 0 Å². The van der Waals surface area contributed by atoms with Crippen LogP contribution in [0.25, 0.3) is 0 Å². The average molecular weight is 390 g/mol. The molecule has 1 aromatic heterocycles. The SMILES string of the molecule is Cc1cc(C)cc(NS(=O)(=O)c2ccn(S(=O)(=O)c3ccccc3)c2)c1. The van der Waals surface area contributed by atoms with Crippen LogP contribution >= 0.6 is 0 Å². The zero-order chi connectivity index (χ0) is 18.9. The van der Waals surface area contributed by atoms with Gasteiger partial charge in [0.15, 0.2) is 0 Å². The first-order valence-corrected chi connectivity index (χ1v) is 10.7. The summed E-state index contributed by atoms with van der Waals surface area (Å²) in [5, 5.41) is 0. The summed E-state index contributed by atoms with van der Waals surface area (Å²) in [6.45, 7) is 3.74. The topological polar surface area (TPSA) is 85.2 Å². The van der Waals surface area contributed by atoms with Gasteiger partial charge in [0.25, 0.3) is 20.0 Å². The van der Waals surface area contributed by atoms with Crippen molar-refractivity contribution in [2.75, 3.05) is 4.72 Å². The number of hydrogen-bond donors (Lipinski definition) is 1. The highest BCUT2D eigenvalue weighted by molar-refractivity contribution is 7.93. The van der Waals surface area contributed by atoms with Crippen LogP contribution in [0, 0.1) is 13.8 Å². The molecule has 0 spiro atoms. The van der Waals surface area contributed by atoms with E-state index in [-0.39, 0.29) is 9.79 Å². The number of anilines is 1. The summed E-state index contributed by atoms with van der Waals surface area (Å²) in [6.07, 6.45) is 2.31. The standard InChI is InChI=1S/C18H18N2O4S2/c1-14-10-15(2)12-16(11-14)19-25(21,22)18-8-9-20(13-18)26(23,24)17-6-4-3-5-7-17/h3-13,19H,1-2H3. The van der Waals surface area contributed by atoms with E-state index in [0.29, 0.717) is 5.69 Å². The average Bonchev–Trinajstić information content (AvgIpc) is 3.06. The second-order valence-electron chi connectivity index (χ2n) is 5.98. The smallest absolute Gasteiger partial charge is 0.267 e. The number of nitrogens with zero attached hydrogens (tertiary/aromatic N) is 1. The Morgan fingerprint density at radius 2 is 1.42 bits per heavy atom. The first kappa shape index (κ1) is 18.2. The number of aryl methyl sites for hydroxylation is 2. The molecule has 0 saturated carbocycles. The zero-order valence-electron chi connectivity index (χ0n) is 14.2. The molecule has 0 atom stereocenters. The largest absolute Gasteiger partial charge is 0.280 e. The van der Waals surface area contributed by atoms with E-state index >= 15 is 0 Å². The van der Waals surface area contributed by atoms with Crippen molar-refractivity contribution in [2.24, 2.45) is 0 Å². The van der Waals surface area contributed by atoms with E-state index in [1.165, 1.54) is 24.4 Å². The lowest BCUT2D eigenvalue weighted by Crippen LogP contribution is -2.14. The van der Waals surface area contributed by atoms with Crippen LogP contribution in [0.4, 0.5) is 5.69 Å². The van der Waals surface area contributed by atoms with Gasteiger partial charge < -0.3 is 0 Å². The van der Waals surface area contributed by atoms with Crippen LogP contribution in [0.1, 0.15) is 11.1 Å². The minimum Gasteiger partial charge on any atom is -0.280 e. The molecule has 2 aromatic carbocycles.